The van der Waals surface area contributed by atoms with Gasteiger partial charge < -0.3 is 10.3 Å². The van der Waals surface area contributed by atoms with E-state index in [0.29, 0.717) is 18.8 Å². The van der Waals surface area contributed by atoms with E-state index in [1.54, 1.807) is 41.1 Å². The number of nitrogen functional groups attached to an aromatic ring is 1. The topological polar surface area (TPSA) is 70.8 Å². The highest BCUT2D eigenvalue weighted by molar-refractivity contribution is 5.30. The highest BCUT2D eigenvalue weighted by Crippen LogP contribution is 1.97. The first kappa shape index (κ1) is 9.57. The van der Waals surface area contributed by atoms with Crippen LogP contribution in [0, 0.1) is 0 Å². The third-order valence-electron chi connectivity index (χ3n) is 2.24. The van der Waals surface area contributed by atoms with E-state index in [-0.39, 0.29) is 5.69 Å². The molecule has 0 bridgehead atoms. The Labute approximate surface area is 86.5 Å². The van der Waals surface area contributed by atoms with Gasteiger partial charge in [-0.05, 0) is 0 Å². The molecule has 0 unspecified atom stereocenters. The van der Waals surface area contributed by atoms with Crippen molar-refractivity contribution in [1.29, 1.82) is 0 Å². The average Bonchev–Trinajstić information content (AvgIpc) is 2.74. The van der Waals surface area contributed by atoms with Crippen molar-refractivity contribution >= 4 is 5.69 Å². The smallest absolute Gasteiger partial charge is 0.327 e. The number of hydrogen-bond donors (Lipinski definition) is 1. The van der Waals surface area contributed by atoms with Gasteiger partial charge in [0.05, 0.1) is 18.4 Å². The number of aryl methyl sites for hydroxylation is 3. The summed E-state index contributed by atoms with van der Waals surface area (Å²) in [6.45, 7) is 1.24. The van der Waals surface area contributed by atoms with Crippen LogP contribution in [-0.4, -0.2) is 18.9 Å². The molecule has 0 aliphatic rings. The van der Waals surface area contributed by atoms with Crippen LogP contribution in [-0.2, 0) is 20.1 Å². The Morgan fingerprint density at radius 3 is 2.73 bits per heavy atom. The molecular formula is C9H13N5O. The normalized spacial score (nSPS) is 10.7. The molecule has 80 valence electrons. The van der Waals surface area contributed by atoms with Crippen LogP contribution in [0.25, 0.3) is 0 Å². The van der Waals surface area contributed by atoms with E-state index in [1.165, 1.54) is 4.57 Å². The monoisotopic (exact) mass is 207 g/mol. The lowest BCUT2D eigenvalue weighted by molar-refractivity contribution is 0.520. The fourth-order valence-corrected chi connectivity index (χ4v) is 1.39. The Hall–Kier alpha value is -1.98. The Kier molecular flexibility index (Phi) is 2.32. The summed E-state index contributed by atoms with van der Waals surface area (Å²) in [5.74, 6) is 0. The number of hydrogen-bond acceptors (Lipinski definition) is 3. The van der Waals surface area contributed by atoms with Crippen LogP contribution >= 0.6 is 0 Å². The first-order valence-electron chi connectivity index (χ1n) is 4.66. The van der Waals surface area contributed by atoms with E-state index in [2.05, 4.69) is 5.10 Å². The SMILES string of the molecule is Cn1ccn(CCn2cc(N)cn2)c1=O. The zero-order valence-corrected chi connectivity index (χ0v) is 8.50. The quantitative estimate of drug-likeness (QED) is 0.748. The standard InChI is InChI=1S/C9H13N5O/c1-12-2-3-13(9(12)15)4-5-14-7-8(10)6-11-14/h2-3,6-7H,4-5,10H2,1H3. The number of rotatable bonds is 3. The van der Waals surface area contributed by atoms with Gasteiger partial charge in [0.15, 0.2) is 0 Å². The molecule has 2 N–H and O–H groups in total. The van der Waals surface area contributed by atoms with Crippen LogP contribution in [0.3, 0.4) is 0 Å². The van der Waals surface area contributed by atoms with Crippen molar-refractivity contribution < 1.29 is 0 Å². The van der Waals surface area contributed by atoms with Gasteiger partial charge in [0.25, 0.3) is 0 Å². The summed E-state index contributed by atoms with van der Waals surface area (Å²) in [4.78, 5) is 11.5. The molecule has 2 aromatic heterocycles. The largest absolute Gasteiger partial charge is 0.396 e. The number of anilines is 1. The van der Waals surface area contributed by atoms with Crippen molar-refractivity contribution in [2.24, 2.45) is 7.05 Å². The van der Waals surface area contributed by atoms with Gasteiger partial charge in [0, 0.05) is 32.2 Å². The molecule has 0 spiro atoms. The highest BCUT2D eigenvalue weighted by Gasteiger charge is 2.00. The summed E-state index contributed by atoms with van der Waals surface area (Å²) in [6, 6.07) is 0. The van der Waals surface area contributed by atoms with Crippen LogP contribution in [0.2, 0.25) is 0 Å². The molecule has 0 amide bonds. The fraction of sp³-hybridized carbons (Fsp3) is 0.333. The van der Waals surface area contributed by atoms with Crippen LogP contribution in [0.5, 0.6) is 0 Å². The Morgan fingerprint density at radius 2 is 2.20 bits per heavy atom. The lowest BCUT2D eigenvalue weighted by atomic mass is 10.6. The Bertz CT molecular complexity index is 507. The number of nitrogens with zero attached hydrogens (tertiary/aromatic N) is 4. The molecule has 0 aliphatic heterocycles. The van der Waals surface area contributed by atoms with Crippen molar-refractivity contribution in [2.45, 2.75) is 13.1 Å². The fourth-order valence-electron chi connectivity index (χ4n) is 1.39. The van der Waals surface area contributed by atoms with Crippen molar-refractivity contribution in [1.82, 2.24) is 18.9 Å². The van der Waals surface area contributed by atoms with E-state index in [4.69, 9.17) is 5.73 Å². The van der Waals surface area contributed by atoms with Crippen LogP contribution in [0.15, 0.2) is 29.6 Å². The molecule has 15 heavy (non-hydrogen) atoms. The van der Waals surface area contributed by atoms with Gasteiger partial charge in [-0.3, -0.25) is 9.25 Å². The molecule has 0 saturated carbocycles. The minimum Gasteiger partial charge on any atom is -0.396 e. The molecular weight excluding hydrogens is 194 g/mol. The average molecular weight is 207 g/mol. The maximum absolute atomic E-state index is 11.5. The molecule has 0 aliphatic carbocycles. The van der Waals surface area contributed by atoms with Gasteiger partial charge in [0.2, 0.25) is 0 Å². The molecule has 2 rings (SSSR count). The van der Waals surface area contributed by atoms with Crippen molar-refractivity contribution in [2.75, 3.05) is 5.73 Å². The van der Waals surface area contributed by atoms with Crippen molar-refractivity contribution in [3.8, 4) is 0 Å². The first-order chi connectivity index (χ1) is 7.16. The maximum Gasteiger partial charge on any atom is 0.327 e. The maximum atomic E-state index is 11.5. The van der Waals surface area contributed by atoms with Crippen LogP contribution in [0.4, 0.5) is 5.69 Å². The molecule has 2 heterocycles. The third kappa shape index (κ3) is 1.93. The van der Waals surface area contributed by atoms with Gasteiger partial charge in [-0.2, -0.15) is 5.10 Å². The summed E-state index contributed by atoms with van der Waals surface area (Å²) < 4.78 is 4.89. The van der Waals surface area contributed by atoms with E-state index in [9.17, 15) is 4.79 Å². The zero-order valence-electron chi connectivity index (χ0n) is 8.50. The molecule has 0 aromatic carbocycles. The zero-order chi connectivity index (χ0) is 10.8. The molecule has 2 aromatic rings. The van der Waals surface area contributed by atoms with E-state index >= 15 is 0 Å². The predicted molar refractivity (Wildman–Crippen MR) is 56.3 cm³/mol. The highest BCUT2D eigenvalue weighted by atomic mass is 16.1. The minimum atomic E-state index is -0.0184. The minimum absolute atomic E-state index is 0.0184. The lowest BCUT2D eigenvalue weighted by Crippen LogP contribution is -2.23. The van der Waals surface area contributed by atoms with Gasteiger partial charge in [0.1, 0.15) is 0 Å². The van der Waals surface area contributed by atoms with Crippen molar-refractivity contribution in [3.05, 3.63) is 35.3 Å². The van der Waals surface area contributed by atoms with Gasteiger partial charge in [-0.1, -0.05) is 0 Å². The van der Waals surface area contributed by atoms with Gasteiger partial charge >= 0.3 is 5.69 Å². The van der Waals surface area contributed by atoms with Crippen LogP contribution in [0.1, 0.15) is 0 Å². The molecule has 0 saturated heterocycles. The second-order valence-electron chi connectivity index (χ2n) is 3.42. The second kappa shape index (κ2) is 3.64. The van der Waals surface area contributed by atoms with Crippen LogP contribution < -0.4 is 11.4 Å². The number of aromatic nitrogens is 4. The molecule has 6 nitrogen and oxygen atoms in total. The Balaban J connectivity index is 2.05. The first-order valence-corrected chi connectivity index (χ1v) is 4.66. The summed E-state index contributed by atoms with van der Waals surface area (Å²) in [6.07, 6.45) is 6.83. The molecule has 0 atom stereocenters. The summed E-state index contributed by atoms with van der Waals surface area (Å²) >= 11 is 0. The van der Waals surface area contributed by atoms with E-state index in [1.807, 2.05) is 0 Å². The second-order valence-corrected chi connectivity index (χ2v) is 3.42. The summed E-state index contributed by atoms with van der Waals surface area (Å²) in [5, 5.41) is 4.04. The summed E-state index contributed by atoms with van der Waals surface area (Å²) in [5.41, 5.74) is 6.14. The predicted octanol–water partition coefficient (Wildman–Crippen LogP) is -0.334. The van der Waals surface area contributed by atoms with Crippen molar-refractivity contribution in [3.63, 3.8) is 0 Å². The summed E-state index contributed by atoms with van der Waals surface area (Å²) in [7, 11) is 1.73. The molecule has 0 fully saturated rings. The number of imidazole rings is 1. The Morgan fingerprint density at radius 1 is 1.40 bits per heavy atom. The third-order valence-corrected chi connectivity index (χ3v) is 2.24. The van der Waals surface area contributed by atoms with Gasteiger partial charge in [-0.15, -0.1) is 0 Å². The van der Waals surface area contributed by atoms with E-state index < -0.39 is 0 Å². The molecule has 6 heteroatoms. The van der Waals surface area contributed by atoms with Gasteiger partial charge in [-0.25, -0.2) is 4.79 Å². The lowest BCUT2D eigenvalue weighted by Gasteiger charge is -2.01. The van der Waals surface area contributed by atoms with E-state index in [0.717, 1.165) is 0 Å². The number of nitrogens with two attached hydrogens (primary N) is 1. The molecule has 0 radical (unpaired) electrons.